The lowest BCUT2D eigenvalue weighted by Gasteiger charge is -2.35. The quantitative estimate of drug-likeness (QED) is 0.795. The molecule has 2 fully saturated rings. The lowest BCUT2D eigenvalue weighted by atomic mass is 10.2. The second-order valence-corrected chi connectivity index (χ2v) is 6.60. The molecule has 0 aromatic heterocycles. The molecule has 1 aliphatic carbocycles. The maximum absolute atomic E-state index is 12.5. The summed E-state index contributed by atoms with van der Waals surface area (Å²) in [6.45, 7) is 5.33. The van der Waals surface area contributed by atoms with Crippen molar-refractivity contribution in [3.63, 3.8) is 0 Å². The van der Waals surface area contributed by atoms with Gasteiger partial charge in [-0.15, -0.1) is 0 Å². The first-order valence-corrected chi connectivity index (χ1v) is 8.49. The van der Waals surface area contributed by atoms with Crippen molar-refractivity contribution in [3.05, 3.63) is 29.8 Å². The standard InChI is InChI=1S/C18H27N3O2/c1-19(13-15-5-3-4-6-17(15)23-2)18(22)14-20-9-11-21(12-10-20)16-7-8-16/h3-6,16H,7-14H2,1-2H3. The highest BCUT2D eigenvalue weighted by Crippen LogP contribution is 2.27. The average Bonchev–Trinajstić information content (AvgIpc) is 3.41. The summed E-state index contributed by atoms with van der Waals surface area (Å²) < 4.78 is 5.36. The SMILES string of the molecule is COc1ccccc1CN(C)C(=O)CN1CCN(C2CC2)CC1. The molecule has 1 aromatic rings. The smallest absolute Gasteiger partial charge is 0.236 e. The van der Waals surface area contributed by atoms with Crippen LogP contribution in [0.4, 0.5) is 0 Å². The monoisotopic (exact) mass is 317 g/mol. The molecule has 126 valence electrons. The van der Waals surface area contributed by atoms with E-state index in [0.29, 0.717) is 13.1 Å². The number of carbonyl (C=O) groups is 1. The summed E-state index contributed by atoms with van der Waals surface area (Å²) in [4.78, 5) is 19.1. The van der Waals surface area contributed by atoms with Crippen LogP contribution in [0.3, 0.4) is 0 Å². The molecule has 1 aliphatic heterocycles. The predicted molar refractivity (Wildman–Crippen MR) is 90.5 cm³/mol. The lowest BCUT2D eigenvalue weighted by Crippen LogP contribution is -2.50. The minimum absolute atomic E-state index is 0.177. The molecule has 1 aromatic carbocycles. The number of likely N-dealkylation sites (N-methyl/N-ethyl adjacent to an activating group) is 1. The van der Waals surface area contributed by atoms with Crippen molar-refractivity contribution in [1.29, 1.82) is 0 Å². The molecular formula is C18H27N3O2. The first-order valence-electron chi connectivity index (χ1n) is 8.49. The predicted octanol–water partition coefficient (Wildman–Crippen LogP) is 1.43. The van der Waals surface area contributed by atoms with E-state index in [1.807, 2.05) is 31.3 Å². The van der Waals surface area contributed by atoms with Gasteiger partial charge in [0.15, 0.2) is 0 Å². The van der Waals surface area contributed by atoms with E-state index >= 15 is 0 Å². The maximum atomic E-state index is 12.5. The third-order valence-electron chi connectivity index (χ3n) is 4.85. The fourth-order valence-electron chi connectivity index (χ4n) is 3.22. The number of rotatable bonds is 6. The Morgan fingerprint density at radius 3 is 2.57 bits per heavy atom. The van der Waals surface area contributed by atoms with Crippen molar-refractivity contribution < 1.29 is 9.53 Å². The average molecular weight is 317 g/mol. The number of amides is 1. The zero-order valence-electron chi connectivity index (χ0n) is 14.2. The summed E-state index contributed by atoms with van der Waals surface area (Å²) in [6.07, 6.45) is 2.72. The molecular weight excluding hydrogens is 290 g/mol. The Morgan fingerprint density at radius 2 is 1.91 bits per heavy atom. The van der Waals surface area contributed by atoms with Gasteiger partial charge in [-0.3, -0.25) is 14.6 Å². The summed E-state index contributed by atoms with van der Waals surface area (Å²) in [5.41, 5.74) is 1.05. The second-order valence-electron chi connectivity index (χ2n) is 6.60. The molecule has 23 heavy (non-hydrogen) atoms. The Kier molecular flexibility index (Phi) is 5.18. The highest BCUT2D eigenvalue weighted by molar-refractivity contribution is 5.78. The first kappa shape index (κ1) is 16.3. The summed E-state index contributed by atoms with van der Waals surface area (Å²) in [5.74, 6) is 1.01. The van der Waals surface area contributed by atoms with Gasteiger partial charge < -0.3 is 9.64 Å². The van der Waals surface area contributed by atoms with Gasteiger partial charge in [0.05, 0.1) is 13.7 Å². The Morgan fingerprint density at radius 1 is 1.22 bits per heavy atom. The number of carbonyl (C=O) groups excluding carboxylic acids is 1. The number of piperazine rings is 1. The molecule has 2 aliphatic rings. The number of benzene rings is 1. The van der Waals surface area contributed by atoms with E-state index < -0.39 is 0 Å². The minimum atomic E-state index is 0.177. The van der Waals surface area contributed by atoms with E-state index in [1.54, 1.807) is 12.0 Å². The van der Waals surface area contributed by atoms with Gasteiger partial charge in [-0.25, -0.2) is 0 Å². The topological polar surface area (TPSA) is 36.0 Å². The van der Waals surface area contributed by atoms with Crippen molar-refractivity contribution in [3.8, 4) is 5.75 Å². The summed E-state index contributed by atoms with van der Waals surface area (Å²) in [6, 6.07) is 8.71. The van der Waals surface area contributed by atoms with Crippen LogP contribution in [0.1, 0.15) is 18.4 Å². The minimum Gasteiger partial charge on any atom is -0.496 e. The number of methoxy groups -OCH3 is 1. The summed E-state index contributed by atoms with van der Waals surface area (Å²) in [5, 5.41) is 0. The van der Waals surface area contributed by atoms with Gasteiger partial charge in [0.1, 0.15) is 5.75 Å². The third-order valence-corrected chi connectivity index (χ3v) is 4.85. The van der Waals surface area contributed by atoms with Crippen LogP contribution in [0.2, 0.25) is 0 Å². The molecule has 0 spiro atoms. The van der Waals surface area contributed by atoms with E-state index in [9.17, 15) is 4.79 Å². The van der Waals surface area contributed by atoms with Crippen molar-refractivity contribution in [1.82, 2.24) is 14.7 Å². The molecule has 0 unspecified atom stereocenters. The van der Waals surface area contributed by atoms with Crippen LogP contribution in [0.25, 0.3) is 0 Å². The van der Waals surface area contributed by atoms with E-state index in [1.165, 1.54) is 12.8 Å². The van der Waals surface area contributed by atoms with Gasteiger partial charge >= 0.3 is 0 Å². The number of hydrogen-bond donors (Lipinski definition) is 0. The van der Waals surface area contributed by atoms with Crippen LogP contribution in [0.5, 0.6) is 5.75 Å². The van der Waals surface area contributed by atoms with Crippen molar-refractivity contribution in [2.75, 3.05) is 46.9 Å². The zero-order chi connectivity index (χ0) is 16.2. The molecule has 0 N–H and O–H groups in total. The molecule has 5 nitrogen and oxygen atoms in total. The van der Waals surface area contributed by atoms with Crippen LogP contribution < -0.4 is 4.74 Å². The van der Waals surface area contributed by atoms with Crippen molar-refractivity contribution in [2.45, 2.75) is 25.4 Å². The van der Waals surface area contributed by atoms with Gasteiger partial charge in [0.25, 0.3) is 0 Å². The largest absolute Gasteiger partial charge is 0.496 e. The normalized spacial score (nSPS) is 19.6. The van der Waals surface area contributed by atoms with Crippen molar-refractivity contribution in [2.24, 2.45) is 0 Å². The lowest BCUT2D eigenvalue weighted by molar-refractivity contribution is -0.132. The Labute approximate surface area is 138 Å². The fraction of sp³-hybridized carbons (Fsp3) is 0.611. The Hall–Kier alpha value is -1.59. The highest BCUT2D eigenvalue weighted by atomic mass is 16.5. The summed E-state index contributed by atoms with van der Waals surface area (Å²) >= 11 is 0. The van der Waals surface area contributed by atoms with E-state index in [4.69, 9.17) is 4.74 Å². The third kappa shape index (κ3) is 4.24. The van der Waals surface area contributed by atoms with E-state index in [-0.39, 0.29) is 5.91 Å². The van der Waals surface area contributed by atoms with Gasteiger partial charge in [0, 0.05) is 51.4 Å². The maximum Gasteiger partial charge on any atom is 0.236 e. The number of ether oxygens (including phenoxy) is 1. The summed E-state index contributed by atoms with van der Waals surface area (Å²) in [7, 11) is 3.54. The molecule has 0 bridgehead atoms. The van der Waals surface area contributed by atoms with Gasteiger partial charge in [-0.2, -0.15) is 0 Å². The van der Waals surface area contributed by atoms with Crippen LogP contribution in [-0.4, -0.2) is 73.5 Å². The molecule has 5 heteroatoms. The van der Waals surface area contributed by atoms with Crippen LogP contribution >= 0.6 is 0 Å². The number of nitrogens with zero attached hydrogens (tertiary/aromatic N) is 3. The van der Waals surface area contributed by atoms with Gasteiger partial charge in [-0.1, -0.05) is 18.2 Å². The Bertz CT molecular complexity index is 537. The van der Waals surface area contributed by atoms with Crippen LogP contribution in [0.15, 0.2) is 24.3 Å². The second kappa shape index (κ2) is 7.32. The van der Waals surface area contributed by atoms with E-state index in [2.05, 4.69) is 9.80 Å². The molecule has 1 heterocycles. The highest BCUT2D eigenvalue weighted by Gasteiger charge is 2.31. The van der Waals surface area contributed by atoms with Gasteiger partial charge in [-0.05, 0) is 18.9 Å². The molecule has 1 saturated carbocycles. The molecule has 0 atom stereocenters. The number of para-hydroxylation sites is 1. The molecule has 1 saturated heterocycles. The van der Waals surface area contributed by atoms with E-state index in [0.717, 1.165) is 43.5 Å². The zero-order valence-corrected chi connectivity index (χ0v) is 14.2. The van der Waals surface area contributed by atoms with Crippen LogP contribution in [-0.2, 0) is 11.3 Å². The fourth-order valence-corrected chi connectivity index (χ4v) is 3.22. The number of hydrogen-bond acceptors (Lipinski definition) is 4. The first-order chi connectivity index (χ1) is 11.2. The molecule has 3 rings (SSSR count). The van der Waals surface area contributed by atoms with Crippen molar-refractivity contribution >= 4 is 5.91 Å². The molecule has 0 radical (unpaired) electrons. The Balaban J connectivity index is 1.47. The van der Waals surface area contributed by atoms with Gasteiger partial charge in [0.2, 0.25) is 5.91 Å². The molecule has 1 amide bonds. The van der Waals surface area contributed by atoms with Crippen LogP contribution in [0, 0.1) is 0 Å².